The molecule has 0 aromatic heterocycles. The number of aliphatic hydroxyl groups is 1. The van der Waals surface area contributed by atoms with Crippen LogP contribution in [0.5, 0.6) is 0 Å². The van der Waals surface area contributed by atoms with Crippen molar-refractivity contribution in [2.24, 2.45) is 0 Å². The first-order chi connectivity index (χ1) is 11.1. The van der Waals surface area contributed by atoms with Gasteiger partial charge in [-0.2, -0.15) is 0 Å². The largest absolute Gasteiger partial charge is 0.390 e. The van der Waals surface area contributed by atoms with Crippen molar-refractivity contribution in [2.45, 2.75) is 31.9 Å². The smallest absolute Gasteiger partial charge is 0.224 e. The molecule has 118 valence electrons. The summed E-state index contributed by atoms with van der Waals surface area (Å²) in [5.74, 6) is -0.0749. The first kappa shape index (κ1) is 15.5. The SMILES string of the molecule is Cc1ccc(/C=C/CC(=O)NC2c3ccccc3CC2O)cc1. The molecule has 23 heavy (non-hydrogen) atoms. The number of rotatable bonds is 4. The summed E-state index contributed by atoms with van der Waals surface area (Å²) in [6, 6.07) is 15.7. The lowest BCUT2D eigenvalue weighted by Crippen LogP contribution is -2.33. The molecule has 1 aliphatic rings. The van der Waals surface area contributed by atoms with E-state index in [1.807, 2.05) is 67.6 Å². The summed E-state index contributed by atoms with van der Waals surface area (Å²) >= 11 is 0. The van der Waals surface area contributed by atoms with Crippen molar-refractivity contribution < 1.29 is 9.90 Å². The number of carbonyl (C=O) groups is 1. The molecule has 2 atom stereocenters. The number of carbonyl (C=O) groups excluding carboxylic acids is 1. The summed E-state index contributed by atoms with van der Waals surface area (Å²) in [5.41, 5.74) is 4.43. The minimum absolute atomic E-state index is 0.0749. The van der Waals surface area contributed by atoms with Gasteiger partial charge in [0.15, 0.2) is 0 Å². The van der Waals surface area contributed by atoms with Crippen LogP contribution in [0.1, 0.15) is 34.7 Å². The Bertz CT molecular complexity index is 719. The highest BCUT2D eigenvalue weighted by Crippen LogP contribution is 2.31. The summed E-state index contributed by atoms with van der Waals surface area (Å²) in [7, 11) is 0. The van der Waals surface area contributed by atoms with Gasteiger partial charge in [-0.25, -0.2) is 0 Å². The maximum absolute atomic E-state index is 12.1. The predicted octanol–water partition coefficient (Wildman–Crippen LogP) is 3.17. The molecular weight excluding hydrogens is 286 g/mol. The third-order valence-electron chi connectivity index (χ3n) is 4.21. The van der Waals surface area contributed by atoms with Gasteiger partial charge in [0.05, 0.1) is 12.1 Å². The van der Waals surface area contributed by atoms with Gasteiger partial charge in [-0.15, -0.1) is 0 Å². The average Bonchev–Trinajstić information content (AvgIpc) is 2.85. The van der Waals surface area contributed by atoms with Crippen molar-refractivity contribution in [1.82, 2.24) is 5.32 Å². The van der Waals surface area contributed by atoms with Gasteiger partial charge < -0.3 is 10.4 Å². The van der Waals surface area contributed by atoms with Gasteiger partial charge in [0.25, 0.3) is 0 Å². The minimum atomic E-state index is -0.544. The topological polar surface area (TPSA) is 49.3 Å². The van der Waals surface area contributed by atoms with Crippen molar-refractivity contribution in [2.75, 3.05) is 0 Å². The highest BCUT2D eigenvalue weighted by Gasteiger charge is 2.31. The van der Waals surface area contributed by atoms with E-state index in [-0.39, 0.29) is 11.9 Å². The fraction of sp³-hybridized carbons (Fsp3) is 0.250. The van der Waals surface area contributed by atoms with Crippen LogP contribution in [0.4, 0.5) is 0 Å². The average molecular weight is 307 g/mol. The number of hydrogen-bond acceptors (Lipinski definition) is 2. The van der Waals surface area contributed by atoms with Gasteiger partial charge in [-0.3, -0.25) is 4.79 Å². The van der Waals surface area contributed by atoms with E-state index in [4.69, 9.17) is 0 Å². The van der Waals surface area contributed by atoms with E-state index in [0.29, 0.717) is 12.8 Å². The molecule has 0 spiro atoms. The Labute approximate surface area is 136 Å². The molecule has 2 aromatic carbocycles. The molecule has 0 bridgehead atoms. The van der Waals surface area contributed by atoms with Gasteiger partial charge in [-0.05, 0) is 23.6 Å². The quantitative estimate of drug-likeness (QED) is 0.911. The second-order valence-electron chi connectivity index (χ2n) is 6.03. The zero-order chi connectivity index (χ0) is 16.2. The van der Waals surface area contributed by atoms with Crippen LogP contribution in [0, 0.1) is 6.92 Å². The van der Waals surface area contributed by atoms with Crippen molar-refractivity contribution in [1.29, 1.82) is 0 Å². The van der Waals surface area contributed by atoms with E-state index in [0.717, 1.165) is 16.7 Å². The van der Waals surface area contributed by atoms with Crippen LogP contribution in [-0.4, -0.2) is 17.1 Å². The lowest BCUT2D eigenvalue weighted by atomic mass is 10.1. The first-order valence-electron chi connectivity index (χ1n) is 7.92. The number of fused-ring (bicyclic) bond motifs is 1. The number of nitrogens with one attached hydrogen (secondary N) is 1. The second-order valence-corrected chi connectivity index (χ2v) is 6.03. The summed E-state index contributed by atoms with van der Waals surface area (Å²) in [6.45, 7) is 2.05. The van der Waals surface area contributed by atoms with Crippen molar-refractivity contribution in [3.05, 3.63) is 76.9 Å². The van der Waals surface area contributed by atoms with E-state index in [1.54, 1.807) is 0 Å². The minimum Gasteiger partial charge on any atom is -0.390 e. The van der Waals surface area contributed by atoms with Crippen LogP contribution in [0.25, 0.3) is 6.08 Å². The lowest BCUT2D eigenvalue weighted by Gasteiger charge is -2.17. The highest BCUT2D eigenvalue weighted by molar-refractivity contribution is 5.79. The maximum Gasteiger partial charge on any atom is 0.224 e. The molecule has 3 rings (SSSR count). The van der Waals surface area contributed by atoms with Crippen LogP contribution in [-0.2, 0) is 11.2 Å². The molecule has 0 heterocycles. The Morgan fingerprint density at radius 3 is 2.74 bits per heavy atom. The Morgan fingerprint density at radius 2 is 1.96 bits per heavy atom. The maximum atomic E-state index is 12.1. The number of amides is 1. The third kappa shape index (κ3) is 3.69. The van der Waals surface area contributed by atoms with Crippen LogP contribution < -0.4 is 5.32 Å². The first-order valence-corrected chi connectivity index (χ1v) is 7.92. The monoisotopic (exact) mass is 307 g/mol. The number of aliphatic hydroxyl groups excluding tert-OH is 1. The van der Waals surface area contributed by atoms with E-state index in [1.165, 1.54) is 5.56 Å². The van der Waals surface area contributed by atoms with Gasteiger partial charge in [0.1, 0.15) is 0 Å². The standard InChI is InChI=1S/C20H21NO2/c1-14-9-11-15(12-10-14)5-4-8-19(23)21-20-17-7-3-2-6-16(17)13-18(20)22/h2-7,9-12,18,20,22H,8,13H2,1H3,(H,21,23)/b5-4+. The molecule has 1 aliphatic carbocycles. The molecule has 0 saturated carbocycles. The van der Waals surface area contributed by atoms with E-state index in [2.05, 4.69) is 5.32 Å². The van der Waals surface area contributed by atoms with Gasteiger partial charge in [0.2, 0.25) is 5.91 Å². The molecular formula is C20H21NO2. The fourth-order valence-corrected chi connectivity index (χ4v) is 2.96. The number of benzene rings is 2. The summed E-state index contributed by atoms with van der Waals surface area (Å²) in [5, 5.41) is 13.1. The molecule has 2 aromatic rings. The Balaban J connectivity index is 1.58. The molecule has 0 fully saturated rings. The van der Waals surface area contributed by atoms with Crippen LogP contribution in [0.2, 0.25) is 0 Å². The third-order valence-corrected chi connectivity index (χ3v) is 4.21. The zero-order valence-electron chi connectivity index (χ0n) is 13.2. The van der Waals surface area contributed by atoms with Crippen molar-refractivity contribution in [3.8, 4) is 0 Å². The zero-order valence-corrected chi connectivity index (χ0v) is 13.2. The molecule has 0 saturated heterocycles. The normalized spacial score (nSPS) is 19.7. The summed E-state index contributed by atoms with van der Waals surface area (Å²) in [4.78, 5) is 12.1. The van der Waals surface area contributed by atoms with E-state index < -0.39 is 6.10 Å². The van der Waals surface area contributed by atoms with Crippen LogP contribution in [0.15, 0.2) is 54.6 Å². The molecule has 2 N–H and O–H groups in total. The van der Waals surface area contributed by atoms with Gasteiger partial charge in [0, 0.05) is 12.8 Å². The molecule has 2 unspecified atom stereocenters. The number of aryl methyl sites for hydroxylation is 1. The van der Waals surface area contributed by atoms with Crippen LogP contribution >= 0.6 is 0 Å². The molecule has 0 aliphatic heterocycles. The summed E-state index contributed by atoms with van der Waals surface area (Å²) in [6.07, 6.45) is 4.16. The van der Waals surface area contributed by atoms with Gasteiger partial charge in [-0.1, -0.05) is 66.2 Å². The van der Waals surface area contributed by atoms with E-state index in [9.17, 15) is 9.90 Å². The Morgan fingerprint density at radius 1 is 1.22 bits per heavy atom. The Hall–Kier alpha value is -2.39. The summed E-state index contributed by atoms with van der Waals surface area (Å²) < 4.78 is 0. The highest BCUT2D eigenvalue weighted by atomic mass is 16.3. The molecule has 1 amide bonds. The molecule has 3 nitrogen and oxygen atoms in total. The van der Waals surface area contributed by atoms with Gasteiger partial charge >= 0.3 is 0 Å². The van der Waals surface area contributed by atoms with E-state index >= 15 is 0 Å². The van der Waals surface area contributed by atoms with Crippen molar-refractivity contribution >= 4 is 12.0 Å². The van der Waals surface area contributed by atoms with Crippen molar-refractivity contribution in [3.63, 3.8) is 0 Å². The predicted molar refractivity (Wildman–Crippen MR) is 91.9 cm³/mol. The molecule has 0 radical (unpaired) electrons. The Kier molecular flexibility index (Phi) is 4.58. The fourth-order valence-electron chi connectivity index (χ4n) is 2.96. The lowest BCUT2D eigenvalue weighted by molar-refractivity contribution is -0.121. The van der Waals surface area contributed by atoms with Crippen LogP contribution in [0.3, 0.4) is 0 Å². The number of hydrogen-bond donors (Lipinski definition) is 2. The second kappa shape index (κ2) is 6.80. The molecule has 3 heteroatoms.